The van der Waals surface area contributed by atoms with E-state index in [1.807, 2.05) is 30.3 Å². The summed E-state index contributed by atoms with van der Waals surface area (Å²) in [5.74, 6) is -0.710. The highest BCUT2D eigenvalue weighted by Crippen LogP contribution is 2.48. The number of aromatic nitrogens is 1. The van der Waals surface area contributed by atoms with Crippen molar-refractivity contribution < 1.29 is 14.7 Å². The predicted octanol–water partition coefficient (Wildman–Crippen LogP) is 2.95. The number of hydrogen-bond donors (Lipinski definition) is 2. The fraction of sp³-hybridized carbons (Fsp3) is 0.389. The van der Waals surface area contributed by atoms with Crippen molar-refractivity contribution in [3.63, 3.8) is 0 Å². The van der Waals surface area contributed by atoms with Crippen LogP contribution in [-0.4, -0.2) is 40.1 Å². The minimum atomic E-state index is -0.771. The summed E-state index contributed by atoms with van der Waals surface area (Å²) in [6, 6.07) is 9.18. The monoisotopic (exact) mass is 325 g/mol. The Morgan fingerprint density at radius 2 is 2.12 bits per heavy atom. The van der Waals surface area contributed by atoms with Crippen molar-refractivity contribution in [2.45, 2.75) is 19.3 Å². The van der Waals surface area contributed by atoms with Gasteiger partial charge < -0.3 is 15.3 Å². The molecule has 2 heterocycles. The van der Waals surface area contributed by atoms with Crippen LogP contribution in [0.1, 0.15) is 19.3 Å². The molecule has 124 valence electrons. The lowest BCUT2D eigenvalue weighted by Gasteiger charge is -2.23. The SMILES string of the molecule is O=C(Nc1cccc2cccnc12)N1C[C@@H]2CCC[C@@]2(C(=O)O)C1. The second-order valence-corrected chi connectivity index (χ2v) is 6.74. The molecule has 2 atom stereocenters. The molecule has 2 fully saturated rings. The van der Waals surface area contributed by atoms with Crippen LogP contribution in [0.15, 0.2) is 36.5 Å². The smallest absolute Gasteiger partial charge is 0.321 e. The van der Waals surface area contributed by atoms with Crippen LogP contribution in [-0.2, 0) is 4.79 Å². The van der Waals surface area contributed by atoms with Gasteiger partial charge in [0, 0.05) is 24.7 Å². The number of rotatable bonds is 2. The maximum atomic E-state index is 12.6. The van der Waals surface area contributed by atoms with E-state index in [0.717, 1.165) is 23.7 Å². The summed E-state index contributed by atoms with van der Waals surface area (Å²) in [7, 11) is 0. The molecule has 2 aliphatic rings. The van der Waals surface area contributed by atoms with E-state index in [0.29, 0.717) is 18.7 Å². The first kappa shape index (κ1) is 14.9. The second-order valence-electron chi connectivity index (χ2n) is 6.74. The highest BCUT2D eigenvalue weighted by molar-refractivity contribution is 5.99. The van der Waals surface area contributed by atoms with Crippen molar-refractivity contribution in [1.29, 1.82) is 0 Å². The lowest BCUT2D eigenvalue weighted by Crippen LogP contribution is -2.38. The van der Waals surface area contributed by atoms with Crippen LogP contribution in [0, 0.1) is 11.3 Å². The number of likely N-dealkylation sites (tertiary alicyclic amines) is 1. The number of carbonyl (C=O) groups excluding carboxylic acids is 1. The van der Waals surface area contributed by atoms with Gasteiger partial charge in [-0.05, 0) is 30.9 Å². The van der Waals surface area contributed by atoms with Crippen molar-refractivity contribution in [3.05, 3.63) is 36.5 Å². The van der Waals surface area contributed by atoms with Crippen LogP contribution >= 0.6 is 0 Å². The van der Waals surface area contributed by atoms with Crippen LogP contribution in [0.2, 0.25) is 0 Å². The van der Waals surface area contributed by atoms with Crippen LogP contribution in [0.4, 0.5) is 10.5 Å². The standard InChI is InChI=1S/C18H19N3O3/c22-16(23)18-8-2-6-13(18)10-21(11-18)17(24)20-14-7-1-4-12-5-3-9-19-15(12)14/h1,3-5,7,9,13H,2,6,8,10-11H2,(H,20,24)(H,22,23)/t13-,18+/m0/s1. The number of carbonyl (C=O) groups is 2. The van der Waals surface area contributed by atoms with E-state index < -0.39 is 11.4 Å². The molecule has 1 aromatic carbocycles. The van der Waals surface area contributed by atoms with E-state index in [4.69, 9.17) is 0 Å². The summed E-state index contributed by atoms with van der Waals surface area (Å²) in [6.45, 7) is 0.799. The number of anilines is 1. The minimum absolute atomic E-state index is 0.0615. The highest BCUT2D eigenvalue weighted by atomic mass is 16.4. The Kier molecular flexibility index (Phi) is 3.40. The quantitative estimate of drug-likeness (QED) is 0.889. The van der Waals surface area contributed by atoms with Gasteiger partial charge in [-0.3, -0.25) is 9.78 Å². The van der Waals surface area contributed by atoms with Crippen molar-refractivity contribution in [2.75, 3.05) is 18.4 Å². The molecule has 6 heteroatoms. The largest absolute Gasteiger partial charge is 0.481 e. The molecule has 2 N–H and O–H groups in total. The number of nitrogens with one attached hydrogen (secondary N) is 1. The van der Waals surface area contributed by atoms with Gasteiger partial charge in [0.25, 0.3) is 0 Å². The van der Waals surface area contributed by atoms with Gasteiger partial charge in [-0.2, -0.15) is 0 Å². The maximum absolute atomic E-state index is 12.6. The Bertz CT molecular complexity index is 817. The third-order valence-electron chi connectivity index (χ3n) is 5.46. The Balaban J connectivity index is 1.56. The first-order valence-electron chi connectivity index (χ1n) is 8.23. The number of fused-ring (bicyclic) bond motifs is 2. The zero-order chi connectivity index (χ0) is 16.7. The number of carboxylic acids is 1. The second kappa shape index (κ2) is 5.47. The van der Waals surface area contributed by atoms with Gasteiger partial charge in [0.05, 0.1) is 16.6 Å². The zero-order valence-corrected chi connectivity index (χ0v) is 13.2. The van der Waals surface area contributed by atoms with Gasteiger partial charge >= 0.3 is 12.0 Å². The molecule has 0 spiro atoms. The number of urea groups is 1. The van der Waals surface area contributed by atoms with Crippen molar-refractivity contribution in [1.82, 2.24) is 9.88 Å². The molecule has 1 saturated heterocycles. The minimum Gasteiger partial charge on any atom is -0.481 e. The molecule has 2 amide bonds. The molecule has 2 aromatic rings. The summed E-state index contributed by atoms with van der Waals surface area (Å²) in [5, 5.41) is 13.5. The Morgan fingerprint density at radius 1 is 1.29 bits per heavy atom. The van der Waals surface area contributed by atoms with E-state index in [1.165, 1.54) is 0 Å². The Hall–Kier alpha value is -2.63. The molecule has 0 bridgehead atoms. The van der Waals surface area contributed by atoms with Crippen LogP contribution < -0.4 is 5.32 Å². The van der Waals surface area contributed by atoms with E-state index in [1.54, 1.807) is 11.1 Å². The van der Waals surface area contributed by atoms with Crippen LogP contribution in [0.25, 0.3) is 10.9 Å². The first-order chi connectivity index (χ1) is 11.6. The number of benzene rings is 1. The highest BCUT2D eigenvalue weighted by Gasteiger charge is 2.55. The Labute approximate surface area is 139 Å². The molecular formula is C18H19N3O3. The fourth-order valence-corrected chi connectivity index (χ4v) is 4.19. The number of pyridine rings is 1. The normalized spacial score (nSPS) is 25.7. The predicted molar refractivity (Wildman–Crippen MR) is 89.7 cm³/mol. The van der Waals surface area contributed by atoms with Gasteiger partial charge in [0.15, 0.2) is 0 Å². The molecule has 1 aliphatic carbocycles. The van der Waals surface area contributed by atoms with Gasteiger partial charge in [-0.25, -0.2) is 4.79 Å². The summed E-state index contributed by atoms with van der Waals surface area (Å²) >= 11 is 0. The molecule has 24 heavy (non-hydrogen) atoms. The zero-order valence-electron chi connectivity index (χ0n) is 13.2. The third-order valence-corrected chi connectivity index (χ3v) is 5.46. The maximum Gasteiger partial charge on any atom is 0.321 e. The van der Waals surface area contributed by atoms with Gasteiger partial charge in [0.1, 0.15) is 0 Å². The third kappa shape index (κ3) is 2.21. The molecule has 1 aliphatic heterocycles. The number of amides is 2. The van der Waals surface area contributed by atoms with E-state index in [-0.39, 0.29) is 18.5 Å². The van der Waals surface area contributed by atoms with Crippen molar-refractivity contribution in [3.8, 4) is 0 Å². The lowest BCUT2D eigenvalue weighted by molar-refractivity contribution is -0.149. The molecule has 0 radical (unpaired) electrons. The average molecular weight is 325 g/mol. The summed E-state index contributed by atoms with van der Waals surface area (Å²) in [5.41, 5.74) is 0.633. The first-order valence-corrected chi connectivity index (χ1v) is 8.23. The van der Waals surface area contributed by atoms with Crippen molar-refractivity contribution in [2.24, 2.45) is 11.3 Å². The fourth-order valence-electron chi connectivity index (χ4n) is 4.19. The molecule has 6 nitrogen and oxygen atoms in total. The van der Waals surface area contributed by atoms with Crippen LogP contribution in [0.5, 0.6) is 0 Å². The molecule has 4 rings (SSSR count). The van der Waals surface area contributed by atoms with E-state index >= 15 is 0 Å². The number of aliphatic carboxylic acids is 1. The number of nitrogens with zero attached hydrogens (tertiary/aromatic N) is 2. The van der Waals surface area contributed by atoms with E-state index in [9.17, 15) is 14.7 Å². The summed E-state index contributed by atoms with van der Waals surface area (Å²) in [6.07, 6.45) is 4.16. The average Bonchev–Trinajstić information content (AvgIpc) is 3.13. The number of hydrogen-bond acceptors (Lipinski definition) is 3. The topological polar surface area (TPSA) is 82.5 Å². The number of para-hydroxylation sites is 1. The number of carboxylic acid groups (broad SMARTS) is 1. The van der Waals surface area contributed by atoms with Gasteiger partial charge in [-0.1, -0.05) is 24.6 Å². The Morgan fingerprint density at radius 3 is 2.92 bits per heavy atom. The summed E-state index contributed by atoms with van der Waals surface area (Å²) in [4.78, 5) is 30.4. The van der Waals surface area contributed by atoms with Gasteiger partial charge in [-0.15, -0.1) is 0 Å². The molecule has 1 saturated carbocycles. The molecule has 0 unspecified atom stereocenters. The van der Waals surface area contributed by atoms with Crippen molar-refractivity contribution >= 4 is 28.6 Å². The van der Waals surface area contributed by atoms with E-state index in [2.05, 4.69) is 10.3 Å². The lowest BCUT2D eigenvalue weighted by atomic mass is 9.81. The van der Waals surface area contributed by atoms with Crippen LogP contribution in [0.3, 0.4) is 0 Å². The molecular weight excluding hydrogens is 306 g/mol. The van der Waals surface area contributed by atoms with Gasteiger partial charge in [0.2, 0.25) is 0 Å². The summed E-state index contributed by atoms with van der Waals surface area (Å²) < 4.78 is 0. The molecule has 1 aromatic heterocycles.